The molecule has 0 spiro atoms. The molecule has 25 heavy (non-hydrogen) atoms. The van der Waals surface area contributed by atoms with E-state index >= 15 is 0 Å². The number of aryl methyl sites for hydroxylation is 1. The number of methoxy groups -OCH3 is 2. The Bertz CT molecular complexity index is 769. The first kappa shape index (κ1) is 18.6. The summed E-state index contributed by atoms with van der Waals surface area (Å²) in [6.45, 7) is 1.40. The lowest BCUT2D eigenvalue weighted by Crippen LogP contribution is -2.21. The van der Waals surface area contributed by atoms with E-state index in [9.17, 15) is 9.59 Å². The average Bonchev–Trinajstić information content (AvgIpc) is 2.62. The molecule has 0 heterocycles. The van der Waals surface area contributed by atoms with Crippen LogP contribution in [0.25, 0.3) is 0 Å². The van der Waals surface area contributed by atoms with Gasteiger partial charge in [0.05, 0.1) is 14.2 Å². The minimum atomic E-state index is -0.716. The average molecular weight is 364 g/mol. The quantitative estimate of drug-likeness (QED) is 0.795. The molecule has 0 unspecified atom stereocenters. The zero-order valence-corrected chi connectivity index (χ0v) is 14.8. The lowest BCUT2D eigenvalue weighted by atomic mass is 10.2. The molecule has 0 aliphatic carbocycles. The summed E-state index contributed by atoms with van der Waals surface area (Å²) in [7, 11) is 2.86. The number of anilines is 1. The number of ether oxygens (including phenoxy) is 3. The fourth-order valence-corrected chi connectivity index (χ4v) is 2.30. The molecule has 0 fully saturated rings. The van der Waals surface area contributed by atoms with Gasteiger partial charge in [0, 0.05) is 10.7 Å². The minimum Gasteiger partial charge on any atom is -0.496 e. The third-order valence-electron chi connectivity index (χ3n) is 3.42. The van der Waals surface area contributed by atoms with Crippen molar-refractivity contribution in [3.63, 3.8) is 0 Å². The Kier molecular flexibility index (Phi) is 6.25. The first-order valence-corrected chi connectivity index (χ1v) is 7.78. The smallest absolute Gasteiger partial charge is 0.346 e. The van der Waals surface area contributed by atoms with Crippen LogP contribution in [0.1, 0.15) is 15.9 Å². The van der Waals surface area contributed by atoms with E-state index in [2.05, 4.69) is 5.32 Å². The number of rotatable bonds is 6. The maximum Gasteiger partial charge on any atom is 0.346 e. The molecule has 1 N–H and O–H groups in total. The van der Waals surface area contributed by atoms with Crippen LogP contribution in [0.4, 0.5) is 5.69 Å². The van der Waals surface area contributed by atoms with Crippen molar-refractivity contribution < 1.29 is 23.8 Å². The van der Waals surface area contributed by atoms with Gasteiger partial charge in [0.15, 0.2) is 6.61 Å². The highest BCUT2D eigenvalue weighted by molar-refractivity contribution is 6.31. The second-order valence-corrected chi connectivity index (χ2v) is 5.53. The normalized spacial score (nSPS) is 10.1. The standard InChI is InChI=1S/C18H18ClNO5/c1-11-7-8-12(9-13(11)19)20-16(21)10-25-18(22)17-14(23-2)5-4-6-15(17)24-3/h4-9H,10H2,1-3H3,(H,20,21). The lowest BCUT2D eigenvalue weighted by molar-refractivity contribution is -0.119. The number of nitrogens with one attached hydrogen (secondary N) is 1. The highest BCUT2D eigenvalue weighted by Gasteiger charge is 2.20. The van der Waals surface area contributed by atoms with Gasteiger partial charge in [-0.2, -0.15) is 0 Å². The van der Waals surface area contributed by atoms with Gasteiger partial charge in [-0.3, -0.25) is 4.79 Å². The van der Waals surface area contributed by atoms with Gasteiger partial charge < -0.3 is 19.5 Å². The van der Waals surface area contributed by atoms with Crippen molar-refractivity contribution in [1.29, 1.82) is 0 Å². The van der Waals surface area contributed by atoms with Crippen molar-refractivity contribution in [3.05, 3.63) is 52.5 Å². The van der Waals surface area contributed by atoms with Crippen LogP contribution in [0.5, 0.6) is 11.5 Å². The minimum absolute atomic E-state index is 0.124. The van der Waals surface area contributed by atoms with Gasteiger partial charge in [0.25, 0.3) is 5.91 Å². The van der Waals surface area contributed by atoms with Crippen LogP contribution >= 0.6 is 11.6 Å². The van der Waals surface area contributed by atoms with Gasteiger partial charge in [0.2, 0.25) is 0 Å². The molecule has 0 saturated carbocycles. The second-order valence-electron chi connectivity index (χ2n) is 5.13. The fourth-order valence-electron chi connectivity index (χ4n) is 2.12. The van der Waals surface area contributed by atoms with E-state index in [4.69, 9.17) is 25.8 Å². The third-order valence-corrected chi connectivity index (χ3v) is 3.83. The van der Waals surface area contributed by atoms with Gasteiger partial charge in [0.1, 0.15) is 17.1 Å². The number of amides is 1. The molecule has 0 atom stereocenters. The Hall–Kier alpha value is -2.73. The molecular formula is C18H18ClNO5. The topological polar surface area (TPSA) is 73.9 Å². The Balaban J connectivity index is 2.02. The molecule has 1 amide bonds. The van der Waals surface area contributed by atoms with E-state index < -0.39 is 18.5 Å². The van der Waals surface area contributed by atoms with Crippen LogP contribution in [0.3, 0.4) is 0 Å². The number of hydrogen-bond acceptors (Lipinski definition) is 5. The maximum atomic E-state index is 12.3. The van der Waals surface area contributed by atoms with E-state index in [-0.39, 0.29) is 5.56 Å². The molecule has 2 aromatic rings. The van der Waals surface area contributed by atoms with Crippen LogP contribution in [0, 0.1) is 6.92 Å². The van der Waals surface area contributed by atoms with Crippen molar-refractivity contribution in [1.82, 2.24) is 0 Å². The van der Waals surface area contributed by atoms with Gasteiger partial charge in [-0.15, -0.1) is 0 Å². The summed E-state index contributed by atoms with van der Waals surface area (Å²) in [4.78, 5) is 24.2. The zero-order chi connectivity index (χ0) is 18.4. The molecule has 0 bridgehead atoms. The summed E-state index contributed by atoms with van der Waals surface area (Å²) >= 11 is 6.01. The predicted octanol–water partition coefficient (Wildman–Crippen LogP) is 3.46. The molecule has 0 aliphatic heterocycles. The maximum absolute atomic E-state index is 12.3. The largest absolute Gasteiger partial charge is 0.496 e. The van der Waals surface area contributed by atoms with E-state index in [0.717, 1.165) is 5.56 Å². The monoisotopic (exact) mass is 363 g/mol. The molecule has 7 heteroatoms. The molecule has 0 aliphatic rings. The fraction of sp³-hybridized carbons (Fsp3) is 0.222. The first-order valence-electron chi connectivity index (χ1n) is 7.40. The van der Waals surface area contributed by atoms with Gasteiger partial charge >= 0.3 is 5.97 Å². The molecule has 2 rings (SSSR count). The number of carbonyl (C=O) groups is 2. The molecule has 6 nitrogen and oxygen atoms in total. The summed E-state index contributed by atoms with van der Waals surface area (Å²) in [6.07, 6.45) is 0. The highest BCUT2D eigenvalue weighted by atomic mass is 35.5. The van der Waals surface area contributed by atoms with Crippen molar-refractivity contribution >= 4 is 29.2 Å². The van der Waals surface area contributed by atoms with Crippen LogP contribution in [0.2, 0.25) is 5.02 Å². The number of carbonyl (C=O) groups excluding carboxylic acids is 2. The Morgan fingerprint density at radius 2 is 1.72 bits per heavy atom. The van der Waals surface area contributed by atoms with Crippen LogP contribution in [-0.2, 0) is 9.53 Å². The van der Waals surface area contributed by atoms with E-state index in [1.807, 2.05) is 6.92 Å². The Morgan fingerprint density at radius 3 is 2.28 bits per heavy atom. The molecule has 2 aromatic carbocycles. The summed E-state index contributed by atoms with van der Waals surface area (Å²) < 4.78 is 15.3. The summed E-state index contributed by atoms with van der Waals surface area (Å²) in [5.41, 5.74) is 1.54. The number of benzene rings is 2. The Labute approximate surface area is 150 Å². The van der Waals surface area contributed by atoms with Gasteiger partial charge in [-0.25, -0.2) is 4.79 Å². The van der Waals surface area contributed by atoms with Crippen LogP contribution in [0.15, 0.2) is 36.4 Å². The van der Waals surface area contributed by atoms with E-state index in [0.29, 0.717) is 22.2 Å². The molecule has 132 valence electrons. The zero-order valence-electron chi connectivity index (χ0n) is 14.1. The summed E-state index contributed by atoms with van der Waals surface area (Å²) in [5.74, 6) is -0.598. The SMILES string of the molecule is COc1cccc(OC)c1C(=O)OCC(=O)Nc1ccc(C)c(Cl)c1. The molecule has 0 aromatic heterocycles. The van der Waals surface area contributed by atoms with Crippen molar-refractivity contribution in [3.8, 4) is 11.5 Å². The third kappa shape index (κ3) is 4.64. The number of halogens is 1. The van der Waals surface area contributed by atoms with Crippen LogP contribution in [-0.4, -0.2) is 32.7 Å². The second kappa shape index (κ2) is 8.39. The van der Waals surface area contributed by atoms with Crippen LogP contribution < -0.4 is 14.8 Å². The van der Waals surface area contributed by atoms with Gasteiger partial charge in [-0.05, 0) is 36.8 Å². The van der Waals surface area contributed by atoms with E-state index in [1.165, 1.54) is 14.2 Å². The summed E-state index contributed by atoms with van der Waals surface area (Å²) in [5, 5.41) is 3.15. The number of esters is 1. The highest BCUT2D eigenvalue weighted by Crippen LogP contribution is 2.28. The van der Waals surface area contributed by atoms with E-state index in [1.54, 1.807) is 36.4 Å². The van der Waals surface area contributed by atoms with Gasteiger partial charge in [-0.1, -0.05) is 23.7 Å². The lowest BCUT2D eigenvalue weighted by Gasteiger charge is -2.12. The van der Waals surface area contributed by atoms with Crippen molar-refractivity contribution in [2.75, 3.05) is 26.1 Å². The van der Waals surface area contributed by atoms with Crippen molar-refractivity contribution in [2.45, 2.75) is 6.92 Å². The Morgan fingerprint density at radius 1 is 1.08 bits per heavy atom. The van der Waals surface area contributed by atoms with Crippen molar-refractivity contribution in [2.24, 2.45) is 0 Å². The molecular weight excluding hydrogens is 346 g/mol. The predicted molar refractivity (Wildman–Crippen MR) is 94.6 cm³/mol. The number of hydrogen-bond donors (Lipinski definition) is 1. The summed E-state index contributed by atoms with van der Waals surface area (Å²) in [6, 6.07) is 10.0. The molecule has 0 radical (unpaired) electrons. The molecule has 0 saturated heterocycles. The first-order chi connectivity index (χ1) is 12.0.